The number of carbonyl (C=O) groups is 1. The molecule has 3 N–H and O–H groups in total. The van der Waals surface area contributed by atoms with Gasteiger partial charge in [-0.15, -0.1) is 0 Å². The summed E-state index contributed by atoms with van der Waals surface area (Å²) in [5.41, 5.74) is 9.06. The quantitative estimate of drug-likeness (QED) is 0.354. The van der Waals surface area contributed by atoms with E-state index >= 15 is 0 Å². The van der Waals surface area contributed by atoms with Gasteiger partial charge in [0.15, 0.2) is 5.65 Å². The van der Waals surface area contributed by atoms with Crippen molar-refractivity contribution >= 4 is 32.8 Å². The molecule has 1 amide bonds. The number of sulfonamides is 1. The Balaban J connectivity index is 1.42. The lowest BCUT2D eigenvalue weighted by Gasteiger charge is -2.32. The Kier molecular flexibility index (Phi) is 6.68. The zero-order valence-corrected chi connectivity index (χ0v) is 20.8. The molecule has 1 saturated heterocycles. The van der Waals surface area contributed by atoms with Crippen molar-refractivity contribution in [2.75, 3.05) is 18.8 Å². The number of aromatic nitrogens is 5. The van der Waals surface area contributed by atoms with Gasteiger partial charge in [-0.1, -0.05) is 30.8 Å². The second-order valence-corrected chi connectivity index (χ2v) is 10.5. The molecular weight excluding hydrogens is 492 g/mol. The lowest BCUT2D eigenvalue weighted by atomic mass is 10.1. The molecule has 1 unspecified atom stereocenters. The van der Waals surface area contributed by atoms with Crippen LogP contribution in [0.2, 0.25) is 0 Å². The highest BCUT2D eigenvalue weighted by atomic mass is 32.2. The van der Waals surface area contributed by atoms with E-state index in [0.717, 1.165) is 24.0 Å². The number of hydrogen-bond acceptors (Lipinski definition) is 8. The van der Waals surface area contributed by atoms with E-state index in [4.69, 9.17) is 10.8 Å². The fourth-order valence-corrected chi connectivity index (χ4v) is 5.50. The number of amides is 1. The SMILES string of the molecule is C=CC(=O)N1CCCC(n2nc(-c3ccc(CNS(=O)(=O)c4ccncc4)cc3)c3c(N)ncnc32)C1. The molecule has 0 saturated carbocycles. The number of nitrogens with two attached hydrogens (primary N) is 1. The molecule has 0 aliphatic carbocycles. The predicted octanol–water partition coefficient (Wildman–Crippen LogP) is 2.30. The second kappa shape index (κ2) is 10.1. The summed E-state index contributed by atoms with van der Waals surface area (Å²) < 4.78 is 29.4. The molecule has 190 valence electrons. The van der Waals surface area contributed by atoms with Gasteiger partial charge in [-0.25, -0.2) is 27.8 Å². The molecule has 11 nitrogen and oxygen atoms in total. The Labute approximate surface area is 214 Å². The highest BCUT2D eigenvalue weighted by Crippen LogP contribution is 2.33. The summed E-state index contributed by atoms with van der Waals surface area (Å²) in [6, 6.07) is 10.2. The van der Waals surface area contributed by atoms with Gasteiger partial charge in [-0.3, -0.25) is 9.78 Å². The van der Waals surface area contributed by atoms with Gasteiger partial charge >= 0.3 is 0 Å². The molecule has 12 heteroatoms. The van der Waals surface area contributed by atoms with Crippen molar-refractivity contribution in [3.8, 4) is 11.3 Å². The van der Waals surface area contributed by atoms with Gasteiger partial charge in [-0.2, -0.15) is 5.10 Å². The number of carbonyl (C=O) groups excluding carboxylic acids is 1. The van der Waals surface area contributed by atoms with Crippen LogP contribution in [0.15, 0.2) is 72.7 Å². The third-order valence-corrected chi connectivity index (χ3v) is 7.82. The van der Waals surface area contributed by atoms with Crippen molar-refractivity contribution in [3.05, 3.63) is 73.3 Å². The van der Waals surface area contributed by atoms with E-state index in [1.54, 1.807) is 4.90 Å². The minimum Gasteiger partial charge on any atom is -0.383 e. The minimum atomic E-state index is -3.65. The number of hydrogen-bond donors (Lipinski definition) is 2. The van der Waals surface area contributed by atoms with E-state index < -0.39 is 10.0 Å². The van der Waals surface area contributed by atoms with Crippen LogP contribution < -0.4 is 10.5 Å². The molecule has 1 aromatic carbocycles. The summed E-state index contributed by atoms with van der Waals surface area (Å²) in [5, 5.41) is 5.51. The zero-order chi connectivity index (χ0) is 26.0. The van der Waals surface area contributed by atoms with Crippen LogP contribution in [0, 0.1) is 0 Å². The van der Waals surface area contributed by atoms with Crippen LogP contribution >= 0.6 is 0 Å². The summed E-state index contributed by atoms with van der Waals surface area (Å²) in [5.74, 6) is 0.209. The third-order valence-electron chi connectivity index (χ3n) is 6.40. The highest BCUT2D eigenvalue weighted by Gasteiger charge is 2.28. The number of nitrogens with one attached hydrogen (secondary N) is 1. The molecule has 37 heavy (non-hydrogen) atoms. The molecule has 1 fully saturated rings. The summed E-state index contributed by atoms with van der Waals surface area (Å²) in [4.78, 5) is 26.6. The molecular formula is C25H26N8O3S. The van der Waals surface area contributed by atoms with Crippen LogP contribution in [0.4, 0.5) is 5.82 Å². The summed E-state index contributed by atoms with van der Waals surface area (Å²) in [6.45, 7) is 4.90. The number of piperidine rings is 1. The number of nitrogen functional groups attached to an aromatic ring is 1. The molecule has 5 rings (SSSR count). The average molecular weight is 519 g/mol. The predicted molar refractivity (Wildman–Crippen MR) is 138 cm³/mol. The molecule has 4 heterocycles. The summed E-state index contributed by atoms with van der Waals surface area (Å²) in [7, 11) is -3.65. The van der Waals surface area contributed by atoms with Crippen molar-refractivity contribution in [1.29, 1.82) is 0 Å². The first-order valence-corrected chi connectivity index (χ1v) is 13.2. The van der Waals surface area contributed by atoms with Crippen LogP contribution in [0.5, 0.6) is 0 Å². The maximum atomic E-state index is 12.5. The second-order valence-electron chi connectivity index (χ2n) is 8.74. The van der Waals surface area contributed by atoms with Gasteiger partial charge in [0, 0.05) is 37.6 Å². The van der Waals surface area contributed by atoms with E-state index in [9.17, 15) is 13.2 Å². The van der Waals surface area contributed by atoms with Crippen LogP contribution in [0.25, 0.3) is 22.3 Å². The largest absolute Gasteiger partial charge is 0.383 e. The van der Waals surface area contributed by atoms with Gasteiger partial charge in [0.25, 0.3) is 0 Å². The number of benzene rings is 1. The normalized spacial score (nSPS) is 16.1. The summed E-state index contributed by atoms with van der Waals surface area (Å²) >= 11 is 0. The number of nitrogens with zero attached hydrogens (tertiary/aromatic N) is 6. The lowest BCUT2D eigenvalue weighted by molar-refractivity contribution is -0.127. The van der Waals surface area contributed by atoms with Gasteiger partial charge in [0.1, 0.15) is 17.8 Å². The van der Waals surface area contributed by atoms with E-state index in [0.29, 0.717) is 35.6 Å². The Morgan fingerprint density at radius 1 is 1.16 bits per heavy atom. The lowest BCUT2D eigenvalue weighted by Crippen LogP contribution is -2.40. The Bertz CT molecular complexity index is 1550. The van der Waals surface area contributed by atoms with E-state index in [1.807, 2.05) is 28.9 Å². The average Bonchev–Trinajstić information content (AvgIpc) is 3.33. The van der Waals surface area contributed by atoms with Crippen molar-refractivity contribution in [2.24, 2.45) is 0 Å². The molecule has 3 aromatic heterocycles. The Morgan fingerprint density at radius 2 is 1.92 bits per heavy atom. The smallest absolute Gasteiger partial charge is 0.246 e. The Morgan fingerprint density at radius 3 is 2.65 bits per heavy atom. The number of fused-ring (bicyclic) bond motifs is 1. The fraction of sp³-hybridized carbons (Fsp3) is 0.240. The number of likely N-dealkylation sites (tertiary alicyclic amines) is 1. The standard InChI is InChI=1S/C25H26N8O3S/c1-2-21(34)32-13-3-4-19(15-32)33-25-22(24(26)28-16-29-25)23(31-33)18-7-5-17(6-8-18)14-30-37(35,36)20-9-11-27-12-10-20/h2,5-12,16,19,30H,1,3-4,13-15H2,(H2,26,28,29). The molecule has 4 aromatic rings. The molecule has 1 aliphatic heterocycles. The van der Waals surface area contributed by atoms with Crippen molar-refractivity contribution in [2.45, 2.75) is 30.3 Å². The fourth-order valence-electron chi connectivity index (χ4n) is 4.50. The Hall–Kier alpha value is -4.16. The summed E-state index contributed by atoms with van der Waals surface area (Å²) in [6.07, 6.45) is 7.29. The van der Waals surface area contributed by atoms with Gasteiger partial charge < -0.3 is 10.6 Å². The number of pyridine rings is 1. The van der Waals surface area contributed by atoms with Gasteiger partial charge in [-0.05, 0) is 36.6 Å². The van der Waals surface area contributed by atoms with Crippen LogP contribution in [-0.2, 0) is 21.4 Å². The van der Waals surface area contributed by atoms with Crippen molar-refractivity contribution in [3.63, 3.8) is 0 Å². The monoisotopic (exact) mass is 518 g/mol. The number of anilines is 1. The molecule has 1 atom stereocenters. The van der Waals surface area contributed by atoms with Crippen molar-refractivity contribution in [1.82, 2.24) is 34.4 Å². The number of rotatable bonds is 7. The van der Waals surface area contributed by atoms with E-state index in [1.165, 1.54) is 36.9 Å². The molecule has 1 aliphatic rings. The van der Waals surface area contributed by atoms with Gasteiger partial charge in [0.05, 0.1) is 16.3 Å². The maximum absolute atomic E-state index is 12.5. The van der Waals surface area contributed by atoms with Crippen LogP contribution in [-0.4, -0.2) is 57.0 Å². The minimum absolute atomic E-state index is 0.0648. The zero-order valence-electron chi connectivity index (χ0n) is 20.0. The molecule has 0 radical (unpaired) electrons. The molecule has 0 spiro atoms. The van der Waals surface area contributed by atoms with Crippen LogP contribution in [0.3, 0.4) is 0 Å². The van der Waals surface area contributed by atoms with Crippen LogP contribution in [0.1, 0.15) is 24.4 Å². The van der Waals surface area contributed by atoms with E-state index in [-0.39, 0.29) is 23.4 Å². The highest BCUT2D eigenvalue weighted by molar-refractivity contribution is 7.89. The molecule has 0 bridgehead atoms. The first-order chi connectivity index (χ1) is 17.9. The van der Waals surface area contributed by atoms with E-state index in [2.05, 4.69) is 26.3 Å². The van der Waals surface area contributed by atoms with Gasteiger partial charge in [0.2, 0.25) is 15.9 Å². The van der Waals surface area contributed by atoms with Crippen molar-refractivity contribution < 1.29 is 13.2 Å². The third kappa shape index (κ3) is 4.93. The topological polar surface area (TPSA) is 149 Å². The maximum Gasteiger partial charge on any atom is 0.246 e. The first-order valence-electron chi connectivity index (χ1n) is 11.8. The first kappa shape index (κ1) is 24.5.